The molecule has 2 N–H and O–H groups in total. The summed E-state index contributed by atoms with van der Waals surface area (Å²) in [6, 6.07) is 1.37. The molecule has 3 rings (SSSR count). The van der Waals surface area contributed by atoms with Gasteiger partial charge < -0.3 is 20.1 Å². The van der Waals surface area contributed by atoms with E-state index in [4.69, 9.17) is 9.84 Å². The van der Waals surface area contributed by atoms with E-state index in [9.17, 15) is 18.0 Å². The number of carboxylic acid groups (broad SMARTS) is 1. The minimum absolute atomic E-state index is 0.0818. The van der Waals surface area contributed by atoms with Gasteiger partial charge in [-0.25, -0.2) is 18.0 Å². The summed E-state index contributed by atoms with van der Waals surface area (Å²) in [5.41, 5.74) is 0. The Morgan fingerprint density at radius 2 is 1.68 bits per heavy atom. The lowest BCUT2D eigenvalue weighted by atomic mass is 9.84. The molecule has 1 aromatic carbocycles. The van der Waals surface area contributed by atoms with Gasteiger partial charge in [-0.3, -0.25) is 0 Å². The summed E-state index contributed by atoms with van der Waals surface area (Å²) in [7, 11) is 0. The van der Waals surface area contributed by atoms with Gasteiger partial charge in [0, 0.05) is 31.3 Å². The Morgan fingerprint density at radius 1 is 1.04 bits per heavy atom. The Labute approximate surface area is 162 Å². The van der Waals surface area contributed by atoms with Crippen LogP contribution in [0, 0.1) is 23.4 Å². The maximum atomic E-state index is 13.7. The Kier molecular flexibility index (Phi) is 7.04. The van der Waals surface area contributed by atoms with Crippen LogP contribution in [0.5, 0.6) is 5.75 Å². The van der Waals surface area contributed by atoms with Crippen molar-refractivity contribution in [3.05, 3.63) is 29.6 Å². The number of likely N-dealkylation sites (tertiary alicyclic amines) is 1. The Balaban J connectivity index is 1.36. The molecule has 1 saturated heterocycles. The Bertz CT molecular complexity index is 673. The van der Waals surface area contributed by atoms with Crippen molar-refractivity contribution in [3.8, 4) is 5.75 Å². The number of benzene rings is 1. The summed E-state index contributed by atoms with van der Waals surface area (Å²) < 4.78 is 45.5. The van der Waals surface area contributed by atoms with Gasteiger partial charge in [0.05, 0.1) is 0 Å². The number of nitrogens with one attached hydrogen (secondary N) is 1. The van der Waals surface area contributed by atoms with Gasteiger partial charge in [0.1, 0.15) is 6.10 Å². The molecule has 0 radical (unpaired) electrons. The van der Waals surface area contributed by atoms with Crippen LogP contribution in [0.15, 0.2) is 12.1 Å². The number of hydrogen-bond acceptors (Lipinski definition) is 3. The smallest absolute Gasteiger partial charge is 0.404 e. The molecule has 5 nitrogen and oxygen atoms in total. The summed E-state index contributed by atoms with van der Waals surface area (Å²) in [4.78, 5) is 13.0. The Hall–Kier alpha value is -1.96. The molecule has 1 aromatic rings. The topological polar surface area (TPSA) is 61.8 Å². The van der Waals surface area contributed by atoms with Gasteiger partial charge >= 0.3 is 6.09 Å². The first-order valence-corrected chi connectivity index (χ1v) is 9.93. The SMILES string of the molecule is O=C(O)NC1CCC(CCN2CCC(Oc3cc(F)c(F)cc3F)CC2)CC1. The first kappa shape index (κ1) is 20.8. The highest BCUT2D eigenvalue weighted by Gasteiger charge is 2.25. The molecule has 1 heterocycles. The number of amides is 1. The van der Waals surface area contributed by atoms with E-state index in [1.165, 1.54) is 0 Å². The van der Waals surface area contributed by atoms with E-state index in [0.29, 0.717) is 24.8 Å². The second-order valence-electron chi connectivity index (χ2n) is 7.81. The summed E-state index contributed by atoms with van der Waals surface area (Å²) in [5.74, 6) is -2.81. The average Bonchev–Trinajstić information content (AvgIpc) is 2.66. The quantitative estimate of drug-likeness (QED) is 0.704. The molecule has 2 aliphatic rings. The zero-order valence-corrected chi connectivity index (χ0v) is 15.8. The van der Waals surface area contributed by atoms with Crippen LogP contribution in [0.3, 0.4) is 0 Å². The molecule has 0 bridgehead atoms. The van der Waals surface area contributed by atoms with Crippen LogP contribution in [0.1, 0.15) is 44.9 Å². The number of carbonyl (C=O) groups is 1. The van der Waals surface area contributed by atoms with Crippen LogP contribution >= 0.6 is 0 Å². The molecule has 0 spiro atoms. The number of piperidine rings is 1. The standard InChI is InChI=1S/C20H27F3N2O3/c21-16-11-18(23)19(12-17(16)22)28-15-6-9-25(10-7-15)8-5-13-1-3-14(4-2-13)24-20(26)27/h11-15,24H,1-10H2,(H,26,27). The van der Waals surface area contributed by atoms with E-state index in [2.05, 4.69) is 10.2 Å². The number of halogens is 3. The molecule has 28 heavy (non-hydrogen) atoms. The minimum atomic E-state index is -1.22. The summed E-state index contributed by atoms with van der Waals surface area (Å²) >= 11 is 0. The van der Waals surface area contributed by atoms with Gasteiger partial charge in [-0.2, -0.15) is 0 Å². The van der Waals surface area contributed by atoms with Crippen molar-refractivity contribution in [2.75, 3.05) is 19.6 Å². The van der Waals surface area contributed by atoms with E-state index >= 15 is 0 Å². The lowest BCUT2D eigenvalue weighted by Gasteiger charge is -2.34. The maximum Gasteiger partial charge on any atom is 0.404 e. The van der Waals surface area contributed by atoms with Gasteiger partial charge in [0.25, 0.3) is 0 Å². The molecular formula is C20H27F3N2O3. The molecule has 1 aliphatic carbocycles. The molecule has 1 saturated carbocycles. The minimum Gasteiger partial charge on any atom is -0.487 e. The molecule has 1 aliphatic heterocycles. The van der Waals surface area contributed by atoms with Crippen molar-refractivity contribution in [2.45, 2.75) is 57.1 Å². The van der Waals surface area contributed by atoms with Crippen molar-refractivity contribution >= 4 is 6.09 Å². The molecule has 0 aromatic heterocycles. The highest BCUT2D eigenvalue weighted by molar-refractivity contribution is 5.64. The summed E-state index contributed by atoms with van der Waals surface area (Å²) in [5, 5.41) is 11.3. The molecule has 0 atom stereocenters. The normalized spacial score (nSPS) is 24.1. The van der Waals surface area contributed by atoms with E-state index in [1.807, 2.05) is 0 Å². The van der Waals surface area contributed by atoms with Crippen LogP contribution < -0.4 is 10.1 Å². The van der Waals surface area contributed by atoms with Crippen LogP contribution in [0.2, 0.25) is 0 Å². The predicted molar refractivity (Wildman–Crippen MR) is 97.9 cm³/mol. The van der Waals surface area contributed by atoms with Crippen molar-refractivity contribution in [1.82, 2.24) is 10.2 Å². The number of ether oxygens (including phenoxy) is 1. The highest BCUT2D eigenvalue weighted by atomic mass is 19.2. The number of rotatable bonds is 6. The fraction of sp³-hybridized carbons (Fsp3) is 0.650. The highest BCUT2D eigenvalue weighted by Crippen LogP contribution is 2.28. The van der Waals surface area contributed by atoms with Gasteiger partial charge in [-0.15, -0.1) is 0 Å². The van der Waals surface area contributed by atoms with Gasteiger partial charge in [-0.1, -0.05) is 0 Å². The van der Waals surface area contributed by atoms with Crippen molar-refractivity contribution in [3.63, 3.8) is 0 Å². The molecule has 156 valence electrons. The predicted octanol–water partition coefficient (Wildman–Crippen LogP) is 4.16. The van der Waals surface area contributed by atoms with Crippen molar-refractivity contribution < 1.29 is 27.8 Å². The van der Waals surface area contributed by atoms with Crippen LogP contribution in [0.4, 0.5) is 18.0 Å². The fourth-order valence-electron chi connectivity index (χ4n) is 4.16. The zero-order chi connectivity index (χ0) is 20.1. The van der Waals surface area contributed by atoms with Gasteiger partial charge in [-0.05, 0) is 57.4 Å². The van der Waals surface area contributed by atoms with Crippen LogP contribution in [-0.2, 0) is 0 Å². The summed E-state index contributed by atoms with van der Waals surface area (Å²) in [6.45, 7) is 2.63. The van der Waals surface area contributed by atoms with Crippen LogP contribution in [-0.4, -0.2) is 47.9 Å². The third-order valence-electron chi connectivity index (χ3n) is 5.83. The molecule has 1 amide bonds. The molecule has 0 unspecified atom stereocenters. The van der Waals surface area contributed by atoms with Crippen molar-refractivity contribution in [1.29, 1.82) is 0 Å². The lowest BCUT2D eigenvalue weighted by Crippen LogP contribution is -2.40. The summed E-state index contributed by atoms with van der Waals surface area (Å²) in [6.07, 6.45) is 5.24. The van der Waals surface area contributed by atoms with Crippen LogP contribution in [0.25, 0.3) is 0 Å². The van der Waals surface area contributed by atoms with Crippen molar-refractivity contribution in [2.24, 2.45) is 5.92 Å². The van der Waals surface area contributed by atoms with E-state index in [0.717, 1.165) is 57.8 Å². The molecule has 8 heteroatoms. The third-order valence-corrected chi connectivity index (χ3v) is 5.83. The number of nitrogens with zero attached hydrogens (tertiary/aromatic N) is 1. The Morgan fingerprint density at radius 3 is 2.32 bits per heavy atom. The van der Waals surface area contributed by atoms with Gasteiger partial charge in [0.2, 0.25) is 0 Å². The zero-order valence-electron chi connectivity index (χ0n) is 15.8. The fourth-order valence-corrected chi connectivity index (χ4v) is 4.16. The average molecular weight is 400 g/mol. The first-order valence-electron chi connectivity index (χ1n) is 9.93. The second kappa shape index (κ2) is 9.49. The van der Waals surface area contributed by atoms with E-state index in [1.54, 1.807) is 0 Å². The first-order chi connectivity index (χ1) is 13.4. The third kappa shape index (κ3) is 5.77. The molecular weight excluding hydrogens is 373 g/mol. The van der Waals surface area contributed by atoms with Gasteiger partial charge in [0.15, 0.2) is 23.2 Å². The molecule has 2 fully saturated rings. The van der Waals surface area contributed by atoms with E-state index < -0.39 is 23.5 Å². The second-order valence-corrected chi connectivity index (χ2v) is 7.81. The largest absolute Gasteiger partial charge is 0.487 e. The maximum absolute atomic E-state index is 13.7. The monoisotopic (exact) mass is 400 g/mol. The lowest BCUT2D eigenvalue weighted by molar-refractivity contribution is 0.0913. The number of hydrogen-bond donors (Lipinski definition) is 2. The van der Waals surface area contributed by atoms with E-state index in [-0.39, 0.29) is 17.9 Å².